The van der Waals surface area contributed by atoms with Crippen molar-refractivity contribution in [3.63, 3.8) is 0 Å². The van der Waals surface area contributed by atoms with Gasteiger partial charge in [0.15, 0.2) is 0 Å². The molecule has 0 heterocycles. The molecule has 2 aromatic rings. The molecule has 0 saturated heterocycles. The summed E-state index contributed by atoms with van der Waals surface area (Å²) in [5.74, 6) is -1.55. The highest BCUT2D eigenvalue weighted by molar-refractivity contribution is 6.09. The van der Waals surface area contributed by atoms with E-state index in [1.54, 1.807) is 6.07 Å². The van der Waals surface area contributed by atoms with E-state index in [0.717, 1.165) is 29.3 Å². The topological polar surface area (TPSA) is 152 Å². The van der Waals surface area contributed by atoms with Crippen LogP contribution in [-0.2, 0) is 4.79 Å². The van der Waals surface area contributed by atoms with Crippen molar-refractivity contribution < 1.29 is 24.6 Å². The first kappa shape index (κ1) is 20.2. The Bertz CT molecular complexity index is 1020. The molecule has 0 unspecified atom stereocenters. The summed E-state index contributed by atoms with van der Waals surface area (Å²) in [5, 5.41) is 35.2. The summed E-state index contributed by atoms with van der Waals surface area (Å²) in [7, 11) is 0. The molecule has 9 nitrogen and oxygen atoms in total. The number of aryl methyl sites for hydroxylation is 2. The standard InChI is InChI=1S/C19H16N4O5/c1-10-3-4-15(11(2)5-10)21-17(24)16(9-20)23-22-14-7-12(18(25)26)6-13(8-14)19(27)28/h3-8,20H,1-2H3,(H,21,24)(H,25,26)(H,27,28). The first-order chi connectivity index (χ1) is 13.2. The number of nitrogens with one attached hydrogen (secondary N) is 2. The molecular weight excluding hydrogens is 364 g/mol. The number of azo groups is 1. The highest BCUT2D eigenvalue weighted by atomic mass is 16.4. The second-order valence-corrected chi connectivity index (χ2v) is 5.82. The minimum atomic E-state index is -1.34. The molecule has 2 aromatic carbocycles. The van der Waals surface area contributed by atoms with Gasteiger partial charge in [-0.2, -0.15) is 0 Å². The number of rotatable bonds is 6. The minimum absolute atomic E-state index is 0.0932. The molecule has 0 saturated carbocycles. The molecule has 1 amide bonds. The van der Waals surface area contributed by atoms with E-state index in [2.05, 4.69) is 15.5 Å². The highest BCUT2D eigenvalue weighted by Gasteiger charge is 2.13. The summed E-state index contributed by atoms with van der Waals surface area (Å²) in [6.07, 6.45) is 0. The van der Waals surface area contributed by atoms with Crippen molar-refractivity contribution in [2.45, 2.75) is 13.8 Å². The van der Waals surface area contributed by atoms with Crippen LogP contribution in [-0.4, -0.2) is 33.9 Å². The van der Waals surface area contributed by atoms with E-state index in [4.69, 9.17) is 15.6 Å². The Morgan fingerprint density at radius 2 is 1.61 bits per heavy atom. The number of carbonyl (C=O) groups excluding carboxylic acids is 1. The molecule has 9 heteroatoms. The van der Waals surface area contributed by atoms with Gasteiger partial charge in [0.25, 0.3) is 5.91 Å². The van der Waals surface area contributed by atoms with E-state index in [0.29, 0.717) is 5.69 Å². The van der Waals surface area contributed by atoms with Crippen molar-refractivity contribution in [3.05, 3.63) is 64.3 Å². The lowest BCUT2D eigenvalue weighted by molar-refractivity contribution is -0.112. The van der Waals surface area contributed by atoms with Crippen molar-refractivity contribution in [3.8, 4) is 0 Å². The molecule has 0 atom stereocenters. The number of hydrogen-bond acceptors (Lipinski definition) is 6. The van der Waals surface area contributed by atoms with Gasteiger partial charge in [-0.1, -0.05) is 17.7 Å². The fourth-order valence-electron chi connectivity index (χ4n) is 2.29. The predicted molar refractivity (Wildman–Crippen MR) is 101 cm³/mol. The summed E-state index contributed by atoms with van der Waals surface area (Å²) < 4.78 is 0. The summed E-state index contributed by atoms with van der Waals surface area (Å²) in [4.78, 5) is 34.5. The molecule has 142 valence electrons. The third kappa shape index (κ3) is 4.96. The van der Waals surface area contributed by atoms with Crippen molar-refractivity contribution in [1.29, 1.82) is 5.41 Å². The molecular formula is C19H16N4O5. The maximum absolute atomic E-state index is 12.3. The lowest BCUT2D eigenvalue weighted by Gasteiger charge is -2.08. The number of carboxylic acid groups (broad SMARTS) is 2. The average Bonchev–Trinajstić information content (AvgIpc) is 2.64. The van der Waals surface area contributed by atoms with Crippen LogP contribution in [0.2, 0.25) is 0 Å². The van der Waals surface area contributed by atoms with Gasteiger partial charge in [0.2, 0.25) is 5.70 Å². The number of benzene rings is 2. The van der Waals surface area contributed by atoms with E-state index in [1.165, 1.54) is 0 Å². The molecule has 0 aromatic heterocycles. The average molecular weight is 380 g/mol. The molecule has 0 fully saturated rings. The van der Waals surface area contributed by atoms with Crippen LogP contribution in [0.1, 0.15) is 31.8 Å². The molecule has 0 aliphatic carbocycles. The second kappa shape index (κ2) is 8.52. The van der Waals surface area contributed by atoms with E-state index in [9.17, 15) is 14.4 Å². The molecule has 0 aliphatic heterocycles. The Morgan fingerprint density at radius 3 is 2.11 bits per heavy atom. The zero-order chi connectivity index (χ0) is 20.8. The van der Waals surface area contributed by atoms with Crippen LogP contribution in [0.5, 0.6) is 0 Å². The van der Waals surface area contributed by atoms with E-state index in [-0.39, 0.29) is 16.8 Å². The third-order valence-corrected chi connectivity index (χ3v) is 3.64. The van der Waals surface area contributed by atoms with Crippen LogP contribution in [0.25, 0.3) is 0 Å². The van der Waals surface area contributed by atoms with E-state index < -0.39 is 23.5 Å². The fourth-order valence-corrected chi connectivity index (χ4v) is 2.29. The molecule has 0 aliphatic rings. The SMILES string of the molecule is Cc1ccc(NC(=O)C(=C=N)N=Nc2cc(C(=O)O)cc(C(=O)O)c2)c(C)c1. The minimum Gasteiger partial charge on any atom is -0.478 e. The maximum Gasteiger partial charge on any atom is 0.335 e. The van der Waals surface area contributed by atoms with Gasteiger partial charge >= 0.3 is 11.9 Å². The van der Waals surface area contributed by atoms with Gasteiger partial charge in [0, 0.05) is 11.6 Å². The monoisotopic (exact) mass is 380 g/mol. The zero-order valence-electron chi connectivity index (χ0n) is 15.0. The highest BCUT2D eigenvalue weighted by Crippen LogP contribution is 2.20. The van der Waals surface area contributed by atoms with Gasteiger partial charge in [-0.25, -0.2) is 9.59 Å². The summed E-state index contributed by atoms with van der Waals surface area (Å²) in [5.41, 5.74) is 1.21. The van der Waals surface area contributed by atoms with E-state index in [1.807, 2.05) is 31.9 Å². The third-order valence-electron chi connectivity index (χ3n) is 3.64. The predicted octanol–water partition coefficient (Wildman–Crippen LogP) is 3.55. The van der Waals surface area contributed by atoms with Crippen LogP contribution in [0.3, 0.4) is 0 Å². The van der Waals surface area contributed by atoms with Crippen LogP contribution in [0.4, 0.5) is 11.4 Å². The quantitative estimate of drug-likeness (QED) is 0.343. The van der Waals surface area contributed by atoms with Crippen LogP contribution in [0.15, 0.2) is 52.3 Å². The number of carbonyl (C=O) groups is 3. The maximum atomic E-state index is 12.3. The summed E-state index contributed by atoms with van der Waals surface area (Å²) >= 11 is 0. The Kier molecular flexibility index (Phi) is 6.15. The van der Waals surface area contributed by atoms with E-state index >= 15 is 0 Å². The molecule has 4 N–H and O–H groups in total. The van der Waals surface area contributed by atoms with Gasteiger partial charge in [-0.05, 0) is 43.7 Å². The van der Waals surface area contributed by atoms with Gasteiger partial charge in [0.05, 0.1) is 16.8 Å². The zero-order valence-corrected chi connectivity index (χ0v) is 15.0. The number of carboxylic acids is 2. The Morgan fingerprint density at radius 1 is 1.00 bits per heavy atom. The number of amides is 1. The first-order valence-electron chi connectivity index (χ1n) is 7.93. The number of anilines is 1. The van der Waals surface area contributed by atoms with Crippen molar-refractivity contribution >= 4 is 35.1 Å². The van der Waals surface area contributed by atoms with Crippen LogP contribution >= 0.6 is 0 Å². The van der Waals surface area contributed by atoms with Gasteiger partial charge in [-0.15, -0.1) is 10.2 Å². The van der Waals surface area contributed by atoms with Crippen molar-refractivity contribution in [2.75, 3.05) is 5.32 Å². The first-order valence-corrected chi connectivity index (χ1v) is 7.93. The number of nitrogens with zero attached hydrogens (tertiary/aromatic N) is 2. The van der Waals surface area contributed by atoms with Gasteiger partial charge in [0.1, 0.15) is 0 Å². The van der Waals surface area contributed by atoms with Crippen molar-refractivity contribution in [2.24, 2.45) is 10.2 Å². The Hall–Kier alpha value is -4.10. The Balaban J connectivity index is 2.28. The van der Waals surface area contributed by atoms with Gasteiger partial charge in [-0.3, -0.25) is 10.2 Å². The molecule has 0 bridgehead atoms. The molecule has 28 heavy (non-hydrogen) atoms. The normalized spacial score (nSPS) is 10.4. The molecule has 0 radical (unpaired) electrons. The van der Waals surface area contributed by atoms with Crippen molar-refractivity contribution in [1.82, 2.24) is 0 Å². The molecule has 2 rings (SSSR count). The van der Waals surface area contributed by atoms with Crippen LogP contribution < -0.4 is 5.32 Å². The Labute approximate surface area is 159 Å². The molecule has 0 spiro atoms. The fraction of sp³-hybridized carbons (Fsp3) is 0.105. The number of hydrogen-bond donors (Lipinski definition) is 4. The van der Waals surface area contributed by atoms with Crippen LogP contribution in [0, 0.1) is 19.3 Å². The largest absolute Gasteiger partial charge is 0.478 e. The second-order valence-electron chi connectivity index (χ2n) is 5.82. The summed E-state index contributed by atoms with van der Waals surface area (Å²) in [6.45, 7) is 3.72. The lowest BCUT2D eigenvalue weighted by atomic mass is 10.1. The number of aromatic carboxylic acids is 2. The summed E-state index contributed by atoms with van der Waals surface area (Å²) in [6, 6.07) is 8.56. The lowest BCUT2D eigenvalue weighted by Crippen LogP contribution is -2.14. The van der Waals surface area contributed by atoms with Gasteiger partial charge < -0.3 is 15.5 Å². The smallest absolute Gasteiger partial charge is 0.335 e.